The van der Waals surface area contributed by atoms with Crippen molar-refractivity contribution in [3.63, 3.8) is 0 Å². The van der Waals surface area contributed by atoms with Gasteiger partial charge in [0, 0.05) is 38.4 Å². The molecule has 2 fully saturated rings. The number of amides is 2. The quantitative estimate of drug-likeness (QED) is 0.462. The number of carbonyl (C=O) groups is 2. The fraction of sp³-hybridized carbons (Fsp3) is 0.355. The number of hydrogen-bond donors (Lipinski definition) is 0. The second-order valence-electron chi connectivity index (χ2n) is 10.4. The summed E-state index contributed by atoms with van der Waals surface area (Å²) in [6.45, 7) is 0.922. The molecule has 184 valence electrons. The van der Waals surface area contributed by atoms with Crippen LogP contribution in [0.2, 0.25) is 0 Å². The molecule has 2 bridgehead atoms. The third kappa shape index (κ3) is 3.69. The summed E-state index contributed by atoms with van der Waals surface area (Å²) in [6.07, 6.45) is 3.88. The van der Waals surface area contributed by atoms with Crippen LogP contribution in [-0.4, -0.2) is 34.4 Å². The summed E-state index contributed by atoms with van der Waals surface area (Å²) in [6, 6.07) is 28.1. The molecule has 2 aliphatic heterocycles. The molecule has 3 aromatic carbocycles. The molecule has 2 heterocycles. The molecule has 0 aromatic heterocycles. The van der Waals surface area contributed by atoms with Gasteiger partial charge in [0.2, 0.25) is 11.8 Å². The van der Waals surface area contributed by atoms with Gasteiger partial charge >= 0.3 is 0 Å². The van der Waals surface area contributed by atoms with Gasteiger partial charge in [0.15, 0.2) is 5.72 Å². The molecule has 3 aromatic rings. The van der Waals surface area contributed by atoms with E-state index >= 15 is 0 Å². The van der Waals surface area contributed by atoms with E-state index in [1.807, 2.05) is 90.8 Å². The third-order valence-corrected chi connectivity index (χ3v) is 8.41. The summed E-state index contributed by atoms with van der Waals surface area (Å²) >= 11 is 0. The maximum Gasteiger partial charge on any atom is 0.238 e. The summed E-state index contributed by atoms with van der Waals surface area (Å²) in [5.41, 5.74) is 2.45. The van der Waals surface area contributed by atoms with Crippen LogP contribution in [0, 0.1) is 11.8 Å². The Labute approximate surface area is 212 Å². The van der Waals surface area contributed by atoms with E-state index in [0.29, 0.717) is 13.1 Å². The van der Waals surface area contributed by atoms with Crippen molar-refractivity contribution in [1.29, 1.82) is 0 Å². The molecule has 0 N–H and O–H groups in total. The van der Waals surface area contributed by atoms with Crippen LogP contribution in [0.15, 0.2) is 84.9 Å². The van der Waals surface area contributed by atoms with Gasteiger partial charge in [-0.05, 0) is 35.6 Å². The van der Waals surface area contributed by atoms with Crippen molar-refractivity contribution in [1.82, 2.24) is 9.80 Å². The average molecular weight is 481 g/mol. The van der Waals surface area contributed by atoms with Crippen molar-refractivity contribution in [3.8, 4) is 5.75 Å². The van der Waals surface area contributed by atoms with E-state index in [1.165, 1.54) is 0 Å². The molecule has 1 saturated heterocycles. The number of likely N-dealkylation sites (tertiary alicyclic amines) is 1. The topological polar surface area (TPSA) is 49.9 Å². The smallest absolute Gasteiger partial charge is 0.238 e. The molecule has 5 nitrogen and oxygen atoms in total. The minimum absolute atomic E-state index is 0.0968. The Kier molecular flexibility index (Phi) is 5.79. The first-order valence-corrected chi connectivity index (χ1v) is 13.0. The minimum Gasteiger partial charge on any atom is -0.467 e. The molecule has 6 rings (SSSR count). The molecule has 1 aliphatic carbocycles. The van der Waals surface area contributed by atoms with Gasteiger partial charge in [-0.2, -0.15) is 0 Å². The van der Waals surface area contributed by atoms with Crippen LogP contribution in [0.4, 0.5) is 0 Å². The Hall–Kier alpha value is -3.60. The lowest BCUT2D eigenvalue weighted by Gasteiger charge is -2.60. The van der Waals surface area contributed by atoms with Crippen LogP contribution < -0.4 is 4.74 Å². The van der Waals surface area contributed by atoms with Crippen molar-refractivity contribution in [2.24, 2.45) is 11.8 Å². The van der Waals surface area contributed by atoms with Crippen molar-refractivity contribution in [2.45, 2.75) is 50.4 Å². The molecule has 36 heavy (non-hydrogen) atoms. The molecule has 3 aliphatic rings. The first kappa shape index (κ1) is 22.8. The fourth-order valence-corrected chi connectivity index (χ4v) is 6.72. The highest BCUT2D eigenvalue weighted by Gasteiger charge is 2.63. The Morgan fingerprint density at radius 2 is 1.53 bits per heavy atom. The van der Waals surface area contributed by atoms with Crippen molar-refractivity contribution in [2.75, 3.05) is 7.05 Å². The first-order chi connectivity index (χ1) is 17.6. The lowest BCUT2D eigenvalue weighted by Crippen LogP contribution is -2.70. The van der Waals surface area contributed by atoms with Crippen LogP contribution in [0.1, 0.15) is 48.3 Å². The number of ether oxygens (including phenoxy) is 1. The molecule has 2 amide bonds. The average Bonchev–Trinajstić information content (AvgIpc) is 2.92. The lowest BCUT2D eigenvalue weighted by molar-refractivity contribution is -0.203. The third-order valence-electron chi connectivity index (χ3n) is 8.41. The van der Waals surface area contributed by atoms with Crippen LogP contribution in [-0.2, 0) is 22.7 Å². The highest BCUT2D eigenvalue weighted by molar-refractivity contribution is 6.02. The first-order valence-electron chi connectivity index (χ1n) is 13.0. The Morgan fingerprint density at radius 3 is 2.19 bits per heavy atom. The molecular weight excluding hydrogens is 448 g/mol. The van der Waals surface area contributed by atoms with Gasteiger partial charge in [-0.3, -0.25) is 9.59 Å². The summed E-state index contributed by atoms with van der Waals surface area (Å²) < 4.78 is 6.64. The van der Waals surface area contributed by atoms with E-state index in [-0.39, 0.29) is 23.7 Å². The minimum atomic E-state index is -0.760. The number of para-hydroxylation sites is 1. The Bertz CT molecular complexity index is 1220. The van der Waals surface area contributed by atoms with Gasteiger partial charge in [0.1, 0.15) is 11.7 Å². The zero-order chi connectivity index (χ0) is 24.7. The standard InChI is InChI=1S/C31H32N2O3/c1-32-29(34)28(27-24-16-8-9-18-26(24)36-31(32)19-11-10-17-25(27)31)30(35)33(20-22-12-4-2-5-13-22)21-23-14-6-3-7-15-23/h2-9,12-16,18,25,27-28H,10-11,17,19-21H2,1H3/t25-,27-,28+,31+/m0/s1. The Balaban J connectivity index is 1.43. The van der Waals surface area contributed by atoms with Gasteiger partial charge in [0.25, 0.3) is 0 Å². The molecule has 0 radical (unpaired) electrons. The molecule has 1 saturated carbocycles. The second kappa shape index (κ2) is 9.12. The van der Waals surface area contributed by atoms with E-state index in [2.05, 4.69) is 6.07 Å². The SMILES string of the molecule is CN1C(=O)[C@H](C(=O)N(Cc2ccccc2)Cc2ccccc2)[C@H]2c3ccccc3O[C@@]13CCCC[C@@H]23. The zero-order valence-corrected chi connectivity index (χ0v) is 20.7. The number of nitrogens with zero attached hydrogens (tertiary/aromatic N) is 2. The molecular formula is C31H32N2O3. The number of fused-ring (bicyclic) bond motifs is 2. The van der Waals surface area contributed by atoms with Gasteiger partial charge < -0.3 is 14.5 Å². The van der Waals surface area contributed by atoms with E-state index in [4.69, 9.17) is 4.74 Å². The maximum absolute atomic E-state index is 14.5. The van der Waals surface area contributed by atoms with Gasteiger partial charge in [0.05, 0.1) is 0 Å². The second-order valence-corrected chi connectivity index (χ2v) is 10.4. The number of carbonyl (C=O) groups excluding carboxylic acids is 2. The monoisotopic (exact) mass is 480 g/mol. The largest absolute Gasteiger partial charge is 0.467 e. The summed E-state index contributed by atoms with van der Waals surface area (Å²) in [5, 5.41) is 0. The van der Waals surface area contributed by atoms with Crippen LogP contribution in [0.3, 0.4) is 0 Å². The van der Waals surface area contributed by atoms with Crippen LogP contribution >= 0.6 is 0 Å². The zero-order valence-electron chi connectivity index (χ0n) is 20.7. The van der Waals surface area contributed by atoms with Crippen LogP contribution in [0.5, 0.6) is 5.75 Å². The molecule has 0 unspecified atom stereocenters. The summed E-state index contributed by atoms with van der Waals surface area (Å²) in [4.78, 5) is 32.2. The number of piperidine rings is 1. The van der Waals surface area contributed by atoms with Gasteiger partial charge in [-0.25, -0.2) is 0 Å². The van der Waals surface area contributed by atoms with Crippen molar-refractivity contribution in [3.05, 3.63) is 102 Å². The molecule has 4 atom stereocenters. The van der Waals surface area contributed by atoms with E-state index in [0.717, 1.165) is 48.1 Å². The predicted molar refractivity (Wildman–Crippen MR) is 138 cm³/mol. The fourth-order valence-electron chi connectivity index (χ4n) is 6.72. The van der Waals surface area contributed by atoms with Crippen molar-refractivity contribution < 1.29 is 14.3 Å². The highest BCUT2D eigenvalue weighted by Crippen LogP contribution is 2.58. The maximum atomic E-state index is 14.5. The Morgan fingerprint density at radius 1 is 0.917 bits per heavy atom. The predicted octanol–water partition coefficient (Wildman–Crippen LogP) is 5.37. The number of benzene rings is 3. The molecule has 0 spiro atoms. The van der Waals surface area contributed by atoms with Crippen molar-refractivity contribution >= 4 is 11.8 Å². The number of hydrogen-bond acceptors (Lipinski definition) is 3. The normalized spacial score (nSPS) is 26.4. The lowest BCUT2D eigenvalue weighted by atomic mass is 9.61. The van der Waals surface area contributed by atoms with Crippen LogP contribution in [0.25, 0.3) is 0 Å². The van der Waals surface area contributed by atoms with E-state index in [9.17, 15) is 9.59 Å². The van der Waals surface area contributed by atoms with E-state index < -0.39 is 11.6 Å². The van der Waals surface area contributed by atoms with Gasteiger partial charge in [-0.1, -0.05) is 85.3 Å². The van der Waals surface area contributed by atoms with E-state index in [1.54, 1.807) is 4.90 Å². The summed E-state index contributed by atoms with van der Waals surface area (Å²) in [5.74, 6) is -0.239. The highest BCUT2D eigenvalue weighted by atomic mass is 16.5. The molecule has 5 heteroatoms. The summed E-state index contributed by atoms with van der Waals surface area (Å²) in [7, 11) is 1.84. The van der Waals surface area contributed by atoms with Gasteiger partial charge in [-0.15, -0.1) is 0 Å². The number of rotatable bonds is 5.